The van der Waals surface area contributed by atoms with Crippen LogP contribution in [0.25, 0.3) is 0 Å². The van der Waals surface area contributed by atoms with Gasteiger partial charge in [0.05, 0.1) is 0 Å². The molecule has 6 fully saturated rings. The molecule has 0 amide bonds. The Morgan fingerprint density at radius 1 is 0.303 bits per heavy atom. The maximum Gasteiger partial charge on any atom is 0.00390 e. The molecule has 1 heteroatoms. The molecule has 0 aromatic carbocycles. The lowest BCUT2D eigenvalue weighted by Crippen LogP contribution is -2.53. The lowest BCUT2D eigenvalue weighted by molar-refractivity contribution is -0.114. The Morgan fingerprint density at radius 2 is 0.636 bits per heavy atom. The van der Waals surface area contributed by atoms with Crippen LogP contribution >= 0.6 is 0 Å². The molecular formula is C32H55N. The third-order valence-electron chi connectivity index (χ3n) is 12.8. The second kappa shape index (κ2) is 10.5. The van der Waals surface area contributed by atoms with E-state index >= 15 is 0 Å². The molecule has 188 valence electrons. The van der Waals surface area contributed by atoms with Gasteiger partial charge in [-0.25, -0.2) is 0 Å². The molecule has 0 radical (unpaired) electrons. The van der Waals surface area contributed by atoms with Gasteiger partial charge < -0.3 is 5.73 Å². The molecule has 4 unspecified atom stereocenters. The highest BCUT2D eigenvalue weighted by atomic mass is 14.6. The molecule has 6 rings (SSSR count). The van der Waals surface area contributed by atoms with E-state index in [2.05, 4.69) is 0 Å². The van der Waals surface area contributed by atoms with Gasteiger partial charge in [0.1, 0.15) is 0 Å². The minimum Gasteiger partial charge on any atom is -0.328 e. The summed E-state index contributed by atoms with van der Waals surface area (Å²) in [6, 6.07) is 0.517. The zero-order valence-electron chi connectivity index (χ0n) is 21.8. The number of fused-ring (bicyclic) bond motifs is 2. The van der Waals surface area contributed by atoms with Crippen molar-refractivity contribution in [3.05, 3.63) is 0 Å². The van der Waals surface area contributed by atoms with Crippen molar-refractivity contribution in [1.29, 1.82) is 0 Å². The Bertz CT molecular complexity index is 582. The van der Waals surface area contributed by atoms with E-state index in [4.69, 9.17) is 5.73 Å². The highest BCUT2D eigenvalue weighted by Gasteiger charge is 2.54. The molecule has 0 saturated heterocycles. The van der Waals surface area contributed by atoms with E-state index in [0.717, 1.165) is 59.2 Å². The molecule has 0 aliphatic heterocycles. The second-order valence-corrected chi connectivity index (χ2v) is 14.1. The molecule has 33 heavy (non-hydrogen) atoms. The molecule has 2 N–H and O–H groups in total. The molecule has 0 aromatic rings. The van der Waals surface area contributed by atoms with Gasteiger partial charge in [0.25, 0.3) is 0 Å². The predicted molar refractivity (Wildman–Crippen MR) is 140 cm³/mol. The van der Waals surface area contributed by atoms with Gasteiger partial charge in [0.15, 0.2) is 0 Å². The number of nitrogens with two attached hydrogens (primary N) is 1. The van der Waals surface area contributed by atoms with Gasteiger partial charge in [-0.3, -0.25) is 0 Å². The summed E-state index contributed by atoms with van der Waals surface area (Å²) in [5.41, 5.74) is 6.24. The maximum absolute atomic E-state index is 6.24. The summed E-state index contributed by atoms with van der Waals surface area (Å²) in [6.07, 6.45) is 32.4. The highest BCUT2D eigenvalue weighted by Crippen LogP contribution is 2.62. The van der Waals surface area contributed by atoms with Crippen LogP contribution in [-0.2, 0) is 0 Å². The first kappa shape index (κ1) is 23.4. The topological polar surface area (TPSA) is 26.0 Å². The van der Waals surface area contributed by atoms with Crippen LogP contribution in [0.5, 0.6) is 0 Å². The van der Waals surface area contributed by atoms with Crippen LogP contribution in [0.2, 0.25) is 0 Å². The van der Waals surface area contributed by atoms with Gasteiger partial charge in [0, 0.05) is 6.04 Å². The standard InChI is InChI=1S/C32H55N/c33-26-20-18-23(19-21-26)22-14-16-25(17-15-22)32-29-12-6-4-10-27(29)31(24-8-2-1-3-9-24)28-11-5-7-13-30(28)32/h22-32H,1-21,33H2. The first-order chi connectivity index (χ1) is 16.3. The summed E-state index contributed by atoms with van der Waals surface area (Å²) in [7, 11) is 0. The summed E-state index contributed by atoms with van der Waals surface area (Å²) in [5.74, 6) is 11.1. The van der Waals surface area contributed by atoms with Gasteiger partial charge in [-0.1, -0.05) is 57.8 Å². The Balaban J connectivity index is 1.19. The smallest absolute Gasteiger partial charge is 0.00390 e. The number of hydrogen-bond acceptors (Lipinski definition) is 1. The first-order valence-electron chi connectivity index (χ1n) is 16.0. The lowest BCUT2D eigenvalue weighted by atomic mass is 9.45. The largest absolute Gasteiger partial charge is 0.328 e. The lowest BCUT2D eigenvalue weighted by Gasteiger charge is -2.60. The van der Waals surface area contributed by atoms with Crippen molar-refractivity contribution in [2.75, 3.05) is 0 Å². The minimum absolute atomic E-state index is 0.517. The zero-order chi connectivity index (χ0) is 22.2. The normalized spacial score (nSPS) is 49.7. The monoisotopic (exact) mass is 453 g/mol. The maximum atomic E-state index is 6.24. The van der Waals surface area contributed by atoms with Gasteiger partial charge in [-0.2, -0.15) is 0 Å². The fourth-order valence-electron chi connectivity index (χ4n) is 11.5. The third-order valence-corrected chi connectivity index (χ3v) is 12.8. The van der Waals surface area contributed by atoms with E-state index in [1.54, 1.807) is 103 Å². The Labute approximate surface area is 205 Å². The number of hydrogen-bond donors (Lipinski definition) is 1. The zero-order valence-corrected chi connectivity index (χ0v) is 21.8. The molecule has 0 bridgehead atoms. The van der Waals surface area contributed by atoms with Crippen LogP contribution < -0.4 is 5.73 Å². The SMILES string of the molecule is NC1CCC(C2CCC(C3C4CCCCC4C(C4CCCCC4)C4CCCCC43)CC2)CC1. The third kappa shape index (κ3) is 4.72. The van der Waals surface area contributed by atoms with Crippen LogP contribution in [0.4, 0.5) is 0 Å². The van der Waals surface area contributed by atoms with E-state index in [-0.39, 0.29) is 0 Å². The molecule has 6 saturated carbocycles. The van der Waals surface area contributed by atoms with Gasteiger partial charge in [-0.15, -0.1) is 0 Å². The molecule has 6 aliphatic rings. The Hall–Kier alpha value is -0.0400. The Morgan fingerprint density at radius 3 is 1.09 bits per heavy atom. The average Bonchev–Trinajstić information content (AvgIpc) is 2.88. The summed E-state index contributed by atoms with van der Waals surface area (Å²) in [6.45, 7) is 0. The van der Waals surface area contributed by atoms with Crippen molar-refractivity contribution in [1.82, 2.24) is 0 Å². The average molecular weight is 454 g/mol. The minimum atomic E-state index is 0.517. The molecule has 6 aliphatic carbocycles. The summed E-state index contributed by atoms with van der Waals surface area (Å²) < 4.78 is 0. The fourth-order valence-corrected chi connectivity index (χ4v) is 11.5. The van der Waals surface area contributed by atoms with Gasteiger partial charge in [0.2, 0.25) is 0 Å². The van der Waals surface area contributed by atoms with E-state index in [0.29, 0.717) is 6.04 Å². The van der Waals surface area contributed by atoms with Crippen LogP contribution in [0, 0.1) is 59.2 Å². The van der Waals surface area contributed by atoms with Crippen molar-refractivity contribution in [2.45, 2.75) is 141 Å². The van der Waals surface area contributed by atoms with Crippen molar-refractivity contribution in [2.24, 2.45) is 64.9 Å². The number of rotatable bonds is 3. The van der Waals surface area contributed by atoms with Crippen LogP contribution in [0.3, 0.4) is 0 Å². The van der Waals surface area contributed by atoms with Gasteiger partial charge in [-0.05, 0) is 136 Å². The summed E-state index contributed by atoms with van der Waals surface area (Å²) >= 11 is 0. The van der Waals surface area contributed by atoms with Crippen molar-refractivity contribution >= 4 is 0 Å². The summed E-state index contributed by atoms with van der Waals surface area (Å²) in [5, 5.41) is 0. The van der Waals surface area contributed by atoms with Crippen LogP contribution in [0.15, 0.2) is 0 Å². The molecule has 0 heterocycles. The molecule has 1 nitrogen and oxygen atoms in total. The van der Waals surface area contributed by atoms with Crippen molar-refractivity contribution in [3.63, 3.8) is 0 Å². The quantitative estimate of drug-likeness (QED) is 0.454. The van der Waals surface area contributed by atoms with E-state index in [9.17, 15) is 0 Å². The van der Waals surface area contributed by atoms with E-state index in [1.165, 1.54) is 32.1 Å². The van der Waals surface area contributed by atoms with E-state index < -0.39 is 0 Å². The molecular weight excluding hydrogens is 398 g/mol. The predicted octanol–water partition coefficient (Wildman–Crippen LogP) is 8.75. The first-order valence-corrected chi connectivity index (χ1v) is 16.0. The van der Waals surface area contributed by atoms with Crippen LogP contribution in [-0.4, -0.2) is 6.04 Å². The summed E-state index contributed by atoms with van der Waals surface area (Å²) in [4.78, 5) is 0. The van der Waals surface area contributed by atoms with Gasteiger partial charge >= 0.3 is 0 Å². The molecule has 4 atom stereocenters. The van der Waals surface area contributed by atoms with Crippen molar-refractivity contribution < 1.29 is 0 Å². The fraction of sp³-hybridized carbons (Fsp3) is 1.00. The molecule has 0 aromatic heterocycles. The van der Waals surface area contributed by atoms with Crippen LogP contribution in [0.1, 0.15) is 135 Å². The Kier molecular flexibility index (Phi) is 7.45. The van der Waals surface area contributed by atoms with Crippen molar-refractivity contribution in [3.8, 4) is 0 Å². The highest BCUT2D eigenvalue weighted by molar-refractivity contribution is 5.03. The van der Waals surface area contributed by atoms with E-state index in [1.807, 2.05) is 0 Å². The molecule has 0 spiro atoms. The second-order valence-electron chi connectivity index (χ2n) is 14.1.